The van der Waals surface area contributed by atoms with Gasteiger partial charge in [-0.3, -0.25) is 4.79 Å². The first kappa shape index (κ1) is 26.4. The smallest absolute Gasteiger partial charge is 0.383 e. The molecule has 1 saturated heterocycles. The largest absolute Gasteiger partial charge is 0.416 e. The van der Waals surface area contributed by atoms with E-state index in [1.54, 1.807) is 0 Å². The van der Waals surface area contributed by atoms with E-state index in [9.17, 15) is 26.4 Å². The van der Waals surface area contributed by atoms with Crippen LogP contribution in [0.5, 0.6) is 0 Å². The summed E-state index contributed by atoms with van der Waals surface area (Å²) in [7, 11) is -4.34. The minimum atomic E-state index is -4.47. The number of pyridine rings is 2. The number of hydrogen-bond donors (Lipinski definition) is 2. The standard InChI is InChI=1S/C25H26F3N5O3S/c1-15-12-14-33(24(15,2)3)22-18(23(34)32-37(35,36)20-5-4-13-30-21(20)29)10-11-19(31-22)16-6-8-17(9-7-16)25(26,27)28/h4-11,13,15H,12,14H2,1-3H3,(H2,29,30)(H,32,34). The van der Waals surface area contributed by atoms with Crippen LogP contribution in [0.15, 0.2) is 59.6 Å². The molecule has 0 saturated carbocycles. The number of carbonyl (C=O) groups is 1. The van der Waals surface area contributed by atoms with Gasteiger partial charge in [0.1, 0.15) is 16.5 Å². The minimum Gasteiger partial charge on any atom is -0.383 e. The summed E-state index contributed by atoms with van der Waals surface area (Å²) in [4.78, 5) is 23.3. The Balaban J connectivity index is 1.77. The number of carbonyl (C=O) groups excluding carboxylic acids is 1. The molecule has 1 unspecified atom stereocenters. The van der Waals surface area contributed by atoms with E-state index in [0.717, 1.165) is 18.6 Å². The van der Waals surface area contributed by atoms with Crippen LogP contribution in [0, 0.1) is 5.92 Å². The normalized spacial score (nSPS) is 17.6. The molecule has 196 valence electrons. The Morgan fingerprint density at radius 3 is 2.38 bits per heavy atom. The van der Waals surface area contributed by atoms with Gasteiger partial charge in [-0.15, -0.1) is 0 Å². The predicted octanol–water partition coefficient (Wildman–Crippen LogP) is 4.49. The number of anilines is 2. The lowest BCUT2D eigenvalue weighted by Crippen LogP contribution is -2.43. The van der Waals surface area contributed by atoms with Crippen molar-refractivity contribution in [2.24, 2.45) is 5.92 Å². The zero-order chi connectivity index (χ0) is 27.2. The first-order chi connectivity index (χ1) is 17.2. The monoisotopic (exact) mass is 533 g/mol. The second-order valence-electron chi connectivity index (χ2n) is 9.46. The third-order valence-electron chi connectivity index (χ3n) is 6.89. The molecule has 0 radical (unpaired) electrons. The van der Waals surface area contributed by atoms with Gasteiger partial charge in [-0.25, -0.2) is 23.1 Å². The average molecular weight is 534 g/mol. The summed E-state index contributed by atoms with van der Waals surface area (Å²) in [5.41, 5.74) is 5.24. The molecule has 1 fully saturated rings. The lowest BCUT2D eigenvalue weighted by Gasteiger charge is -2.36. The van der Waals surface area contributed by atoms with E-state index in [-0.39, 0.29) is 28.0 Å². The summed E-state index contributed by atoms with van der Waals surface area (Å²) in [5.74, 6) is -0.703. The van der Waals surface area contributed by atoms with Crippen molar-refractivity contribution in [2.75, 3.05) is 17.2 Å². The highest BCUT2D eigenvalue weighted by atomic mass is 32.2. The first-order valence-corrected chi connectivity index (χ1v) is 12.9. The lowest BCUT2D eigenvalue weighted by molar-refractivity contribution is -0.137. The zero-order valence-corrected chi connectivity index (χ0v) is 21.2. The number of benzene rings is 1. The number of aromatic nitrogens is 2. The molecule has 1 atom stereocenters. The fourth-order valence-electron chi connectivity index (χ4n) is 4.29. The van der Waals surface area contributed by atoms with Gasteiger partial charge >= 0.3 is 6.18 Å². The molecule has 2 aromatic heterocycles. The maximum atomic E-state index is 13.3. The molecule has 1 aliphatic heterocycles. The molecule has 8 nitrogen and oxygen atoms in total. The van der Waals surface area contributed by atoms with E-state index in [1.807, 2.05) is 23.5 Å². The molecule has 3 heterocycles. The van der Waals surface area contributed by atoms with Crippen LogP contribution in [0.25, 0.3) is 11.3 Å². The first-order valence-electron chi connectivity index (χ1n) is 11.5. The second kappa shape index (κ2) is 9.33. The zero-order valence-electron chi connectivity index (χ0n) is 20.4. The Morgan fingerprint density at radius 1 is 1.14 bits per heavy atom. The van der Waals surface area contributed by atoms with E-state index < -0.39 is 33.2 Å². The second-order valence-corrected chi connectivity index (χ2v) is 11.1. The van der Waals surface area contributed by atoms with Gasteiger partial charge in [0.25, 0.3) is 15.9 Å². The fourth-order valence-corrected chi connectivity index (χ4v) is 5.34. The van der Waals surface area contributed by atoms with E-state index in [2.05, 4.69) is 16.9 Å². The topological polar surface area (TPSA) is 118 Å². The molecule has 1 aliphatic rings. The van der Waals surface area contributed by atoms with Crippen LogP contribution in [0.1, 0.15) is 43.1 Å². The third kappa shape index (κ3) is 5.10. The van der Waals surface area contributed by atoms with E-state index in [4.69, 9.17) is 5.73 Å². The highest BCUT2D eigenvalue weighted by molar-refractivity contribution is 7.90. The van der Waals surface area contributed by atoms with Gasteiger partial charge in [0.15, 0.2) is 0 Å². The number of nitrogens with two attached hydrogens (primary N) is 1. The molecule has 12 heteroatoms. The van der Waals surface area contributed by atoms with Crippen LogP contribution < -0.4 is 15.4 Å². The maximum absolute atomic E-state index is 13.3. The van der Waals surface area contributed by atoms with Crippen LogP contribution in [-0.2, 0) is 16.2 Å². The van der Waals surface area contributed by atoms with Crippen molar-refractivity contribution >= 4 is 27.6 Å². The summed E-state index contributed by atoms with van der Waals surface area (Å²) >= 11 is 0. The van der Waals surface area contributed by atoms with E-state index in [1.165, 1.54) is 42.6 Å². The molecule has 0 aliphatic carbocycles. The van der Waals surface area contributed by atoms with E-state index in [0.29, 0.717) is 17.8 Å². The molecular formula is C25H26F3N5O3S. The Morgan fingerprint density at radius 2 is 1.81 bits per heavy atom. The van der Waals surface area contributed by atoms with Crippen molar-refractivity contribution in [3.05, 3.63) is 65.9 Å². The summed E-state index contributed by atoms with van der Waals surface area (Å²) in [6, 6.07) is 10.0. The Bertz CT molecular complexity index is 1440. The fraction of sp³-hybridized carbons (Fsp3) is 0.320. The van der Waals surface area contributed by atoms with E-state index >= 15 is 0 Å². The minimum absolute atomic E-state index is 0.00359. The van der Waals surface area contributed by atoms with Crippen LogP contribution in [-0.4, -0.2) is 36.4 Å². The molecule has 1 aromatic carbocycles. The Labute approximate surface area is 212 Å². The van der Waals surface area contributed by atoms with Gasteiger partial charge in [0, 0.05) is 23.8 Å². The number of nitrogen functional groups attached to an aromatic ring is 1. The van der Waals surface area contributed by atoms with Gasteiger partial charge in [-0.2, -0.15) is 13.2 Å². The maximum Gasteiger partial charge on any atom is 0.416 e. The molecule has 0 spiro atoms. The Hall–Kier alpha value is -3.67. The summed E-state index contributed by atoms with van der Waals surface area (Å²) in [6.45, 7) is 6.60. The number of halogens is 3. The molecular weight excluding hydrogens is 507 g/mol. The molecule has 1 amide bonds. The van der Waals surface area contributed by atoms with Gasteiger partial charge in [-0.1, -0.05) is 19.1 Å². The van der Waals surface area contributed by atoms with Crippen molar-refractivity contribution in [2.45, 2.75) is 43.8 Å². The highest BCUT2D eigenvalue weighted by Crippen LogP contribution is 2.39. The summed E-state index contributed by atoms with van der Waals surface area (Å²) < 4.78 is 66.8. The Kier molecular flexibility index (Phi) is 6.65. The van der Waals surface area contributed by atoms with Gasteiger partial charge < -0.3 is 10.6 Å². The number of nitrogens with zero attached hydrogens (tertiary/aromatic N) is 3. The highest BCUT2D eigenvalue weighted by Gasteiger charge is 2.41. The van der Waals surface area contributed by atoms with Gasteiger partial charge in [-0.05, 0) is 62.6 Å². The quantitative estimate of drug-likeness (QED) is 0.496. The molecule has 37 heavy (non-hydrogen) atoms. The third-order valence-corrected chi connectivity index (χ3v) is 8.27. The lowest BCUT2D eigenvalue weighted by atomic mass is 9.90. The number of hydrogen-bond acceptors (Lipinski definition) is 7. The summed E-state index contributed by atoms with van der Waals surface area (Å²) in [6.07, 6.45) is -2.34. The number of alkyl halides is 3. The number of amides is 1. The van der Waals surface area contributed by atoms with Crippen LogP contribution >= 0.6 is 0 Å². The predicted molar refractivity (Wildman–Crippen MR) is 133 cm³/mol. The van der Waals surface area contributed by atoms with Crippen LogP contribution in [0.2, 0.25) is 0 Å². The van der Waals surface area contributed by atoms with Crippen molar-refractivity contribution in [3.8, 4) is 11.3 Å². The SMILES string of the molecule is CC1CCN(c2nc(-c3ccc(C(F)(F)F)cc3)ccc2C(=O)NS(=O)(=O)c2cccnc2N)C1(C)C. The van der Waals surface area contributed by atoms with Crippen molar-refractivity contribution in [3.63, 3.8) is 0 Å². The van der Waals surface area contributed by atoms with Crippen LogP contribution in [0.4, 0.5) is 24.8 Å². The molecule has 4 rings (SSSR count). The summed E-state index contributed by atoms with van der Waals surface area (Å²) in [5, 5.41) is 0. The molecule has 3 aromatic rings. The molecule has 3 N–H and O–H groups in total. The number of rotatable bonds is 5. The number of sulfonamides is 1. The van der Waals surface area contributed by atoms with Crippen molar-refractivity contribution in [1.82, 2.24) is 14.7 Å². The van der Waals surface area contributed by atoms with Gasteiger partial charge in [0.2, 0.25) is 0 Å². The van der Waals surface area contributed by atoms with Crippen LogP contribution in [0.3, 0.4) is 0 Å². The van der Waals surface area contributed by atoms with Crippen molar-refractivity contribution in [1.29, 1.82) is 0 Å². The van der Waals surface area contributed by atoms with Gasteiger partial charge in [0.05, 0.1) is 16.8 Å². The number of nitrogens with one attached hydrogen (secondary N) is 1. The average Bonchev–Trinajstić information content (AvgIpc) is 3.10. The van der Waals surface area contributed by atoms with Crippen molar-refractivity contribution < 1.29 is 26.4 Å². The molecule has 0 bridgehead atoms.